The van der Waals surface area contributed by atoms with Gasteiger partial charge in [-0.25, -0.2) is 0 Å². The van der Waals surface area contributed by atoms with E-state index < -0.39 is 0 Å². The van der Waals surface area contributed by atoms with Crippen molar-refractivity contribution in [3.63, 3.8) is 0 Å². The van der Waals surface area contributed by atoms with Crippen LogP contribution in [0, 0.1) is 22.7 Å². The zero-order valence-electron chi connectivity index (χ0n) is 26.4. The molecule has 0 bridgehead atoms. The van der Waals surface area contributed by atoms with E-state index in [2.05, 4.69) is 132 Å². The van der Waals surface area contributed by atoms with E-state index in [4.69, 9.17) is 0 Å². The number of hydrogen-bond acceptors (Lipinski definition) is 2. The first kappa shape index (κ1) is 28.3. The van der Waals surface area contributed by atoms with Gasteiger partial charge >= 0.3 is 0 Å². The lowest BCUT2D eigenvalue weighted by atomic mass is 9.85. The number of fused-ring (bicyclic) bond motifs is 5. The van der Waals surface area contributed by atoms with Crippen LogP contribution in [-0.2, 0) is 0 Å². The van der Waals surface area contributed by atoms with Crippen molar-refractivity contribution in [1.29, 1.82) is 10.5 Å². The van der Waals surface area contributed by atoms with Gasteiger partial charge in [0.1, 0.15) is 12.1 Å². The highest BCUT2D eigenvalue weighted by molar-refractivity contribution is 6.21. The molecule has 0 aliphatic carbocycles. The van der Waals surface area contributed by atoms with Crippen molar-refractivity contribution in [3.05, 3.63) is 175 Å². The summed E-state index contributed by atoms with van der Waals surface area (Å²) in [6.45, 7) is 0. The van der Waals surface area contributed by atoms with Gasteiger partial charge in [-0.3, -0.25) is 0 Å². The molecule has 9 aromatic rings. The van der Waals surface area contributed by atoms with Crippen LogP contribution in [-0.4, -0.2) is 4.57 Å². The lowest BCUT2D eigenvalue weighted by molar-refractivity contribution is 1.16. The summed E-state index contributed by atoms with van der Waals surface area (Å²) in [6.07, 6.45) is 0. The zero-order chi connectivity index (χ0) is 32.9. The number of nitrogens with zero attached hydrogens (tertiary/aromatic N) is 3. The van der Waals surface area contributed by atoms with E-state index in [0.717, 1.165) is 54.8 Å². The van der Waals surface area contributed by atoms with Crippen LogP contribution < -0.4 is 0 Å². The molecule has 226 valence electrons. The number of para-hydroxylation sites is 2. The predicted molar refractivity (Wildman–Crippen MR) is 202 cm³/mol. The van der Waals surface area contributed by atoms with Gasteiger partial charge in [0.25, 0.3) is 0 Å². The Kier molecular flexibility index (Phi) is 6.58. The molecule has 0 saturated carbocycles. The first-order valence-corrected chi connectivity index (χ1v) is 16.3. The maximum Gasteiger partial charge on any atom is 0.103 e. The molecule has 0 fully saturated rings. The standard InChI is InChI=1S/C46H27N3/c47-28-40-33(25-26-44(41(40)29-48)49-42-23-10-8-17-34(42)35-18-9-11-24-43(35)49)31-15-12-16-32(27-31)46-38-21-6-4-19-36(38)45(30-13-2-1-3-14-30)37-20-5-7-22-39(37)46/h1-27H. The second kappa shape index (κ2) is 11.4. The minimum atomic E-state index is 0.361. The van der Waals surface area contributed by atoms with Crippen molar-refractivity contribution in [2.24, 2.45) is 0 Å². The van der Waals surface area contributed by atoms with Crippen LogP contribution in [0.5, 0.6) is 0 Å². The normalized spacial score (nSPS) is 11.2. The summed E-state index contributed by atoms with van der Waals surface area (Å²) in [7, 11) is 0. The molecule has 1 heterocycles. The number of nitriles is 2. The summed E-state index contributed by atoms with van der Waals surface area (Å²) in [5, 5.41) is 28.2. The van der Waals surface area contributed by atoms with Crippen molar-refractivity contribution in [3.8, 4) is 51.2 Å². The Labute approximate surface area is 283 Å². The highest BCUT2D eigenvalue weighted by atomic mass is 15.0. The first-order valence-electron chi connectivity index (χ1n) is 16.3. The number of rotatable bonds is 4. The van der Waals surface area contributed by atoms with Crippen LogP contribution in [0.25, 0.3) is 82.4 Å². The molecule has 9 rings (SSSR count). The second-order valence-electron chi connectivity index (χ2n) is 12.3. The van der Waals surface area contributed by atoms with Crippen molar-refractivity contribution in [2.75, 3.05) is 0 Å². The summed E-state index contributed by atoms with van der Waals surface area (Å²) in [5.74, 6) is 0. The third kappa shape index (κ3) is 4.35. The minimum Gasteiger partial charge on any atom is -0.308 e. The monoisotopic (exact) mass is 621 g/mol. The van der Waals surface area contributed by atoms with Gasteiger partial charge in [-0.15, -0.1) is 0 Å². The number of hydrogen-bond donors (Lipinski definition) is 0. The van der Waals surface area contributed by atoms with Gasteiger partial charge in [-0.05, 0) is 73.6 Å². The molecule has 0 spiro atoms. The molecule has 0 aliphatic heterocycles. The Bertz CT molecular complexity index is 2740. The molecule has 8 aromatic carbocycles. The summed E-state index contributed by atoms with van der Waals surface area (Å²) in [4.78, 5) is 0. The van der Waals surface area contributed by atoms with Crippen molar-refractivity contribution >= 4 is 43.4 Å². The van der Waals surface area contributed by atoms with Gasteiger partial charge in [0.2, 0.25) is 0 Å². The predicted octanol–water partition coefficient (Wildman–Crippen LogP) is 11.8. The van der Waals surface area contributed by atoms with E-state index in [0.29, 0.717) is 16.8 Å². The molecule has 49 heavy (non-hydrogen) atoms. The van der Waals surface area contributed by atoms with Crippen molar-refractivity contribution in [1.82, 2.24) is 4.57 Å². The highest BCUT2D eigenvalue weighted by Crippen LogP contribution is 2.44. The summed E-state index contributed by atoms with van der Waals surface area (Å²) < 4.78 is 2.11. The van der Waals surface area contributed by atoms with Crippen LogP contribution in [0.1, 0.15) is 11.1 Å². The lowest BCUT2D eigenvalue weighted by Gasteiger charge is -2.18. The molecule has 0 amide bonds. The molecule has 3 nitrogen and oxygen atoms in total. The molecule has 1 aromatic heterocycles. The van der Waals surface area contributed by atoms with Crippen molar-refractivity contribution in [2.45, 2.75) is 0 Å². The van der Waals surface area contributed by atoms with E-state index in [-0.39, 0.29) is 0 Å². The quantitative estimate of drug-likeness (QED) is 0.184. The van der Waals surface area contributed by atoms with E-state index >= 15 is 0 Å². The third-order valence-electron chi connectivity index (χ3n) is 9.68. The maximum absolute atomic E-state index is 10.6. The Balaban J connectivity index is 1.27. The molecular weight excluding hydrogens is 595 g/mol. The maximum atomic E-state index is 10.6. The molecule has 0 radical (unpaired) electrons. The van der Waals surface area contributed by atoms with Gasteiger partial charge in [0, 0.05) is 16.3 Å². The Morgan fingerprint density at radius 3 is 1.37 bits per heavy atom. The van der Waals surface area contributed by atoms with E-state index in [1.807, 2.05) is 48.5 Å². The molecule has 0 aliphatic rings. The number of aromatic nitrogens is 1. The summed E-state index contributed by atoms with van der Waals surface area (Å²) >= 11 is 0. The molecule has 0 saturated heterocycles. The molecular formula is C46H27N3. The fraction of sp³-hybridized carbons (Fsp3) is 0. The fourth-order valence-electron chi connectivity index (χ4n) is 7.63. The average molecular weight is 622 g/mol. The minimum absolute atomic E-state index is 0.361. The van der Waals surface area contributed by atoms with Crippen LogP contribution in [0.4, 0.5) is 0 Å². The Morgan fingerprint density at radius 1 is 0.367 bits per heavy atom. The van der Waals surface area contributed by atoms with E-state index in [1.165, 1.54) is 21.9 Å². The average Bonchev–Trinajstić information content (AvgIpc) is 3.50. The Morgan fingerprint density at radius 2 is 0.816 bits per heavy atom. The topological polar surface area (TPSA) is 52.5 Å². The number of benzene rings is 8. The zero-order valence-corrected chi connectivity index (χ0v) is 26.4. The van der Waals surface area contributed by atoms with Gasteiger partial charge in [-0.1, -0.05) is 140 Å². The van der Waals surface area contributed by atoms with Crippen LogP contribution in [0.2, 0.25) is 0 Å². The van der Waals surface area contributed by atoms with Gasteiger partial charge in [0.15, 0.2) is 0 Å². The van der Waals surface area contributed by atoms with Crippen LogP contribution >= 0.6 is 0 Å². The SMILES string of the molecule is N#Cc1c(-c2cccc(-c3c4ccccc4c(-c4ccccc4)c4ccccc34)c2)ccc(-n2c3ccccc3c3ccccc32)c1C#N. The Hall–Kier alpha value is -6.94. The largest absolute Gasteiger partial charge is 0.308 e. The summed E-state index contributed by atoms with van der Waals surface area (Å²) in [5.41, 5.74) is 9.65. The second-order valence-corrected chi connectivity index (χ2v) is 12.3. The third-order valence-corrected chi connectivity index (χ3v) is 9.68. The van der Waals surface area contributed by atoms with E-state index in [9.17, 15) is 10.5 Å². The van der Waals surface area contributed by atoms with Gasteiger partial charge in [0.05, 0.1) is 27.8 Å². The molecule has 0 N–H and O–H groups in total. The molecule has 0 atom stereocenters. The highest BCUT2D eigenvalue weighted by Gasteiger charge is 2.21. The smallest absolute Gasteiger partial charge is 0.103 e. The van der Waals surface area contributed by atoms with Gasteiger partial charge in [-0.2, -0.15) is 10.5 Å². The van der Waals surface area contributed by atoms with Crippen LogP contribution in [0.3, 0.4) is 0 Å². The summed E-state index contributed by atoms with van der Waals surface area (Å²) in [6, 6.07) is 61.4. The fourth-order valence-corrected chi connectivity index (χ4v) is 7.63. The van der Waals surface area contributed by atoms with Crippen LogP contribution in [0.15, 0.2) is 164 Å². The molecule has 0 unspecified atom stereocenters. The van der Waals surface area contributed by atoms with E-state index in [1.54, 1.807) is 0 Å². The first-order chi connectivity index (χ1) is 24.3. The van der Waals surface area contributed by atoms with Crippen molar-refractivity contribution < 1.29 is 0 Å². The van der Waals surface area contributed by atoms with Gasteiger partial charge < -0.3 is 4.57 Å². The molecule has 3 heteroatoms. The lowest BCUT2D eigenvalue weighted by Crippen LogP contribution is -2.01.